The first-order valence-electron chi connectivity index (χ1n) is 6.66. The van der Waals surface area contributed by atoms with Crippen molar-refractivity contribution in [3.8, 4) is 0 Å². The number of nitrogens with one attached hydrogen (secondary N) is 1. The number of piperidine rings is 1. The Hall–Kier alpha value is -1.27. The van der Waals surface area contributed by atoms with Crippen LogP contribution < -0.4 is 5.32 Å². The van der Waals surface area contributed by atoms with Crippen LogP contribution in [-0.2, 0) is 9.59 Å². The Morgan fingerprint density at radius 1 is 1.15 bits per heavy atom. The van der Waals surface area contributed by atoms with Crippen LogP contribution in [0.15, 0.2) is 0 Å². The molecule has 7 heteroatoms. The van der Waals surface area contributed by atoms with Gasteiger partial charge in [0.05, 0.1) is 0 Å². The van der Waals surface area contributed by atoms with Crippen LogP contribution >= 0.6 is 0 Å². The molecule has 0 aromatic carbocycles. The van der Waals surface area contributed by atoms with Gasteiger partial charge in [-0.1, -0.05) is 20.8 Å². The Kier molecular flexibility index (Phi) is 5.05. The Morgan fingerprint density at radius 3 is 2.05 bits per heavy atom. The predicted molar refractivity (Wildman–Crippen MR) is 67.8 cm³/mol. The van der Waals surface area contributed by atoms with Gasteiger partial charge in [-0.3, -0.25) is 9.59 Å². The van der Waals surface area contributed by atoms with Crippen LogP contribution in [0.2, 0.25) is 0 Å². The predicted octanol–water partition coefficient (Wildman–Crippen LogP) is 1.95. The lowest BCUT2D eigenvalue weighted by Gasteiger charge is -2.35. The van der Waals surface area contributed by atoms with Crippen molar-refractivity contribution in [1.82, 2.24) is 10.2 Å². The summed E-state index contributed by atoms with van der Waals surface area (Å²) in [6.45, 7) is 6.59. The molecule has 1 aliphatic heterocycles. The summed E-state index contributed by atoms with van der Waals surface area (Å²) in [5.41, 5.74) is -0.447. The molecule has 20 heavy (non-hydrogen) atoms. The lowest BCUT2D eigenvalue weighted by atomic mass is 9.91. The van der Waals surface area contributed by atoms with E-state index in [1.165, 1.54) is 0 Å². The minimum atomic E-state index is -4.83. The maximum atomic E-state index is 12.0. The van der Waals surface area contributed by atoms with Crippen molar-refractivity contribution in [2.24, 2.45) is 11.3 Å². The Labute approximate surface area is 116 Å². The van der Waals surface area contributed by atoms with E-state index in [0.717, 1.165) is 0 Å². The van der Waals surface area contributed by atoms with E-state index in [4.69, 9.17) is 0 Å². The van der Waals surface area contributed by atoms with Gasteiger partial charge in [-0.2, -0.15) is 13.2 Å². The fourth-order valence-electron chi connectivity index (χ4n) is 2.15. The number of halogens is 3. The summed E-state index contributed by atoms with van der Waals surface area (Å²) < 4.78 is 36.1. The van der Waals surface area contributed by atoms with Gasteiger partial charge in [-0.15, -0.1) is 0 Å². The molecule has 0 saturated carbocycles. The first kappa shape index (κ1) is 16.8. The van der Waals surface area contributed by atoms with E-state index in [2.05, 4.69) is 0 Å². The quantitative estimate of drug-likeness (QED) is 0.846. The molecule has 1 rings (SSSR count). The summed E-state index contributed by atoms with van der Waals surface area (Å²) in [7, 11) is 0. The second-order valence-corrected chi connectivity index (χ2v) is 6.19. The minimum Gasteiger partial charge on any atom is -0.348 e. The van der Waals surface area contributed by atoms with Crippen LogP contribution in [0.3, 0.4) is 0 Å². The fraction of sp³-hybridized carbons (Fsp3) is 0.846. The smallest absolute Gasteiger partial charge is 0.348 e. The minimum absolute atomic E-state index is 0.00896. The molecular formula is C13H21F3N2O2. The van der Waals surface area contributed by atoms with E-state index in [9.17, 15) is 22.8 Å². The number of carbonyl (C=O) groups excluding carboxylic acids is 2. The summed E-state index contributed by atoms with van der Waals surface area (Å²) in [6, 6.07) is 0. The summed E-state index contributed by atoms with van der Waals surface area (Å²) in [6.07, 6.45) is -3.61. The van der Waals surface area contributed by atoms with Gasteiger partial charge in [0.15, 0.2) is 0 Å². The zero-order valence-corrected chi connectivity index (χ0v) is 12.0. The highest BCUT2D eigenvalue weighted by Crippen LogP contribution is 2.23. The summed E-state index contributed by atoms with van der Waals surface area (Å²) >= 11 is 0. The van der Waals surface area contributed by atoms with Crippen LogP contribution in [0, 0.1) is 11.3 Å². The van der Waals surface area contributed by atoms with Gasteiger partial charge in [0.25, 0.3) is 0 Å². The van der Waals surface area contributed by atoms with Gasteiger partial charge < -0.3 is 10.2 Å². The summed E-state index contributed by atoms with van der Waals surface area (Å²) in [5, 5.41) is 1.90. The van der Waals surface area contributed by atoms with Crippen molar-refractivity contribution in [2.75, 3.05) is 19.6 Å². The normalized spacial score (nSPS) is 18.0. The number of alkyl halides is 3. The number of likely N-dealkylation sites (tertiary alicyclic amines) is 1. The first-order valence-corrected chi connectivity index (χ1v) is 6.66. The molecular weight excluding hydrogens is 273 g/mol. The van der Waals surface area contributed by atoms with Crippen LogP contribution in [0.1, 0.15) is 33.6 Å². The molecule has 4 nitrogen and oxygen atoms in total. The average Bonchev–Trinajstić information content (AvgIpc) is 2.33. The third-order valence-electron chi connectivity index (χ3n) is 3.35. The van der Waals surface area contributed by atoms with Gasteiger partial charge in [-0.05, 0) is 18.8 Å². The Morgan fingerprint density at radius 2 is 1.65 bits per heavy atom. The molecule has 0 atom stereocenters. The Balaban J connectivity index is 2.37. The van der Waals surface area contributed by atoms with E-state index in [0.29, 0.717) is 25.9 Å². The largest absolute Gasteiger partial charge is 0.471 e. The molecule has 0 spiro atoms. The fourth-order valence-corrected chi connectivity index (χ4v) is 2.15. The SMILES string of the molecule is CC(C)(C)C(=O)N1CCC(CNC(=O)C(F)(F)F)CC1. The van der Waals surface area contributed by atoms with Gasteiger partial charge in [-0.25, -0.2) is 0 Å². The van der Waals surface area contributed by atoms with Crippen molar-refractivity contribution < 1.29 is 22.8 Å². The topological polar surface area (TPSA) is 49.4 Å². The van der Waals surface area contributed by atoms with E-state index in [1.807, 2.05) is 26.1 Å². The number of hydrogen-bond donors (Lipinski definition) is 1. The maximum Gasteiger partial charge on any atom is 0.471 e. The van der Waals surface area contributed by atoms with Gasteiger partial charge in [0.1, 0.15) is 0 Å². The van der Waals surface area contributed by atoms with Gasteiger partial charge >= 0.3 is 12.1 Å². The first-order chi connectivity index (χ1) is 9.01. The van der Waals surface area contributed by atoms with Gasteiger partial charge in [0, 0.05) is 25.0 Å². The number of amides is 2. The lowest BCUT2D eigenvalue weighted by molar-refractivity contribution is -0.173. The zero-order valence-electron chi connectivity index (χ0n) is 12.0. The van der Waals surface area contributed by atoms with E-state index < -0.39 is 17.5 Å². The lowest BCUT2D eigenvalue weighted by Crippen LogP contribution is -2.46. The van der Waals surface area contributed by atoms with Crippen molar-refractivity contribution >= 4 is 11.8 Å². The maximum absolute atomic E-state index is 12.0. The highest BCUT2D eigenvalue weighted by Gasteiger charge is 2.39. The second-order valence-electron chi connectivity index (χ2n) is 6.19. The molecule has 0 aromatic heterocycles. The molecule has 1 saturated heterocycles. The number of carbonyl (C=O) groups is 2. The standard InChI is InChI=1S/C13H21F3N2O2/c1-12(2,3)11(20)18-6-4-9(5-7-18)8-17-10(19)13(14,15)16/h9H,4-8H2,1-3H3,(H,17,19). The van der Waals surface area contributed by atoms with Crippen molar-refractivity contribution in [3.63, 3.8) is 0 Å². The molecule has 0 radical (unpaired) electrons. The van der Waals surface area contributed by atoms with E-state index in [1.54, 1.807) is 4.90 Å². The third-order valence-corrected chi connectivity index (χ3v) is 3.35. The molecule has 0 aliphatic carbocycles. The monoisotopic (exact) mass is 294 g/mol. The van der Waals surface area contributed by atoms with Crippen LogP contribution in [-0.4, -0.2) is 42.5 Å². The molecule has 116 valence electrons. The van der Waals surface area contributed by atoms with Gasteiger partial charge in [0.2, 0.25) is 5.91 Å². The van der Waals surface area contributed by atoms with Crippen LogP contribution in [0.4, 0.5) is 13.2 Å². The number of hydrogen-bond acceptors (Lipinski definition) is 2. The highest BCUT2D eigenvalue weighted by atomic mass is 19.4. The average molecular weight is 294 g/mol. The molecule has 1 heterocycles. The molecule has 0 aromatic rings. The molecule has 0 bridgehead atoms. The van der Waals surface area contributed by atoms with Crippen LogP contribution in [0.25, 0.3) is 0 Å². The molecule has 1 aliphatic rings. The van der Waals surface area contributed by atoms with E-state index >= 15 is 0 Å². The summed E-state index contributed by atoms with van der Waals surface area (Å²) in [5.74, 6) is -1.86. The third kappa shape index (κ3) is 4.68. The van der Waals surface area contributed by atoms with Crippen LogP contribution in [0.5, 0.6) is 0 Å². The molecule has 1 fully saturated rings. The highest BCUT2D eigenvalue weighted by molar-refractivity contribution is 5.82. The number of rotatable bonds is 2. The van der Waals surface area contributed by atoms with Crippen molar-refractivity contribution in [1.29, 1.82) is 0 Å². The Bertz CT molecular complexity index is 367. The number of nitrogens with zero attached hydrogens (tertiary/aromatic N) is 1. The molecule has 1 N–H and O–H groups in total. The summed E-state index contributed by atoms with van der Waals surface area (Å²) in [4.78, 5) is 24.5. The van der Waals surface area contributed by atoms with E-state index in [-0.39, 0.29) is 18.4 Å². The zero-order chi connectivity index (χ0) is 15.6. The molecule has 0 unspecified atom stereocenters. The van der Waals surface area contributed by atoms with Crippen molar-refractivity contribution in [2.45, 2.75) is 39.8 Å². The molecule has 2 amide bonds. The van der Waals surface area contributed by atoms with Crippen molar-refractivity contribution in [3.05, 3.63) is 0 Å². The second kappa shape index (κ2) is 6.01.